The summed E-state index contributed by atoms with van der Waals surface area (Å²) >= 11 is 0. The Balaban J connectivity index is 1.28. The number of nitrogens with one attached hydrogen (secondary N) is 1. The summed E-state index contributed by atoms with van der Waals surface area (Å²) < 4.78 is 14.3. The first-order chi connectivity index (χ1) is 18.5. The second-order valence-corrected chi connectivity index (χ2v) is 8.83. The molecule has 0 unspecified atom stereocenters. The Bertz CT molecular complexity index is 1680. The van der Waals surface area contributed by atoms with E-state index in [2.05, 4.69) is 29.6 Å². The summed E-state index contributed by atoms with van der Waals surface area (Å²) in [5.74, 6) is 1.63. The van der Waals surface area contributed by atoms with Crippen molar-refractivity contribution in [3.8, 4) is 28.6 Å². The van der Waals surface area contributed by atoms with Crippen LogP contribution in [0.2, 0.25) is 0 Å². The van der Waals surface area contributed by atoms with Crippen molar-refractivity contribution in [1.29, 1.82) is 0 Å². The highest BCUT2D eigenvalue weighted by molar-refractivity contribution is 6.45. The van der Waals surface area contributed by atoms with Gasteiger partial charge in [-0.25, -0.2) is 19.6 Å². The molecule has 1 aliphatic rings. The van der Waals surface area contributed by atoms with Gasteiger partial charge in [-0.15, -0.1) is 0 Å². The molecule has 1 aliphatic heterocycles. The van der Waals surface area contributed by atoms with Crippen molar-refractivity contribution >= 4 is 22.6 Å². The Labute approximate surface area is 216 Å². The topological polar surface area (TPSA) is 133 Å². The Kier molecular flexibility index (Phi) is 5.63. The summed E-state index contributed by atoms with van der Waals surface area (Å²) in [5, 5.41) is 4.77. The second kappa shape index (κ2) is 9.14. The van der Waals surface area contributed by atoms with Gasteiger partial charge in [0.05, 0.1) is 55.3 Å². The van der Waals surface area contributed by atoms with Gasteiger partial charge in [0.1, 0.15) is 29.5 Å². The molecule has 1 aromatic carbocycles. The number of aromatic nitrogens is 7. The minimum absolute atomic E-state index is 0.204. The Morgan fingerprint density at radius 2 is 1.82 bits per heavy atom. The van der Waals surface area contributed by atoms with Crippen LogP contribution in [0.3, 0.4) is 0 Å². The first-order valence-corrected chi connectivity index (χ1v) is 11.9. The fourth-order valence-electron chi connectivity index (χ4n) is 4.74. The molecular formula is C26H24N8O4. The smallest absolute Gasteiger partial charge is 0.295 e. The molecular weight excluding hydrogens is 488 g/mol. The number of nitrogens with zero attached hydrogens (tertiary/aromatic N) is 7. The zero-order valence-corrected chi connectivity index (χ0v) is 21.0. The monoisotopic (exact) mass is 512 g/mol. The van der Waals surface area contributed by atoms with Gasteiger partial charge in [0.2, 0.25) is 0 Å². The van der Waals surface area contributed by atoms with Gasteiger partial charge >= 0.3 is 0 Å². The van der Waals surface area contributed by atoms with Gasteiger partial charge in [-0.1, -0.05) is 0 Å². The number of benzene rings is 1. The number of amides is 1. The van der Waals surface area contributed by atoms with Crippen LogP contribution in [0.4, 0.5) is 0 Å². The molecule has 0 fully saturated rings. The van der Waals surface area contributed by atoms with Crippen molar-refractivity contribution in [1.82, 2.24) is 39.2 Å². The van der Waals surface area contributed by atoms with E-state index < -0.39 is 11.7 Å². The molecule has 12 nitrogen and oxygen atoms in total. The van der Waals surface area contributed by atoms with Gasteiger partial charge in [-0.2, -0.15) is 5.10 Å². The number of rotatable bonds is 6. The molecule has 0 spiro atoms. The van der Waals surface area contributed by atoms with E-state index in [0.717, 1.165) is 17.0 Å². The molecule has 1 N–H and O–H groups in total. The number of ether oxygens (including phenoxy) is 2. The summed E-state index contributed by atoms with van der Waals surface area (Å²) in [6.45, 7) is 2.89. The number of pyridine rings is 1. The molecule has 192 valence electrons. The lowest BCUT2D eigenvalue weighted by Crippen LogP contribution is -2.42. The summed E-state index contributed by atoms with van der Waals surface area (Å²) in [7, 11) is 3.12. The Morgan fingerprint density at radius 3 is 2.53 bits per heavy atom. The number of hydrogen-bond acceptors (Lipinski definition) is 8. The van der Waals surface area contributed by atoms with Gasteiger partial charge in [-0.05, 0) is 31.2 Å². The van der Waals surface area contributed by atoms with E-state index in [1.807, 2.05) is 24.3 Å². The van der Waals surface area contributed by atoms with Crippen LogP contribution in [0.5, 0.6) is 11.5 Å². The number of Topliss-reactive ketones (excluding diaryl/α,β-unsaturated/α-hetero) is 1. The summed E-state index contributed by atoms with van der Waals surface area (Å²) in [6, 6.07) is 7.73. The number of fused-ring (bicyclic) bond motifs is 2. The molecule has 0 atom stereocenters. The zero-order chi connectivity index (χ0) is 26.4. The number of imidazole rings is 1. The molecule has 38 heavy (non-hydrogen) atoms. The first kappa shape index (κ1) is 23.4. The van der Waals surface area contributed by atoms with Crippen LogP contribution < -0.4 is 9.47 Å². The third kappa shape index (κ3) is 3.77. The van der Waals surface area contributed by atoms with Crippen molar-refractivity contribution in [3.63, 3.8) is 0 Å². The Morgan fingerprint density at radius 1 is 1.00 bits per heavy atom. The van der Waals surface area contributed by atoms with Crippen LogP contribution in [0.15, 0.2) is 49.2 Å². The largest absolute Gasteiger partial charge is 0.497 e. The number of ketones is 1. The number of carbonyl (C=O) groups excluding carboxylic acids is 2. The maximum absolute atomic E-state index is 13.5. The van der Waals surface area contributed by atoms with Gasteiger partial charge < -0.3 is 23.9 Å². The van der Waals surface area contributed by atoms with Crippen molar-refractivity contribution in [2.24, 2.45) is 0 Å². The van der Waals surface area contributed by atoms with Crippen LogP contribution in [-0.2, 0) is 17.9 Å². The standard InChI is InChI=1S/C26H24N8O4/c1-15-30-14-34(31-15)25-23-22(20(38-3)12-29-25)18(10-28-23)24(35)26(36)32-8-9-33-19(11-27-21(33)13-32)16-4-6-17(37-2)7-5-16/h4-7,10-12,14,28H,8-9,13H2,1-3H3. The van der Waals surface area contributed by atoms with Crippen molar-refractivity contribution in [2.75, 3.05) is 20.8 Å². The zero-order valence-electron chi connectivity index (χ0n) is 21.0. The number of hydrogen-bond donors (Lipinski definition) is 1. The highest BCUT2D eigenvalue weighted by Gasteiger charge is 2.31. The van der Waals surface area contributed by atoms with Crippen molar-refractivity contribution in [3.05, 3.63) is 66.4 Å². The fraction of sp³-hybridized carbons (Fsp3) is 0.231. The highest BCUT2D eigenvalue weighted by Crippen LogP contribution is 2.32. The number of methoxy groups -OCH3 is 2. The van der Waals surface area contributed by atoms with Crippen LogP contribution in [0.1, 0.15) is 22.0 Å². The molecule has 6 rings (SSSR count). The predicted octanol–water partition coefficient (Wildman–Crippen LogP) is 2.56. The third-order valence-electron chi connectivity index (χ3n) is 6.67. The number of aromatic amines is 1. The number of carbonyl (C=O) groups is 2. The summed E-state index contributed by atoms with van der Waals surface area (Å²) in [5.41, 5.74) is 2.67. The highest BCUT2D eigenvalue weighted by atomic mass is 16.5. The van der Waals surface area contributed by atoms with Crippen LogP contribution in [0.25, 0.3) is 28.0 Å². The molecule has 5 aromatic rings. The molecule has 5 heterocycles. The van der Waals surface area contributed by atoms with Crippen LogP contribution in [-0.4, -0.2) is 71.6 Å². The first-order valence-electron chi connectivity index (χ1n) is 11.9. The molecule has 0 saturated carbocycles. The maximum Gasteiger partial charge on any atom is 0.295 e. The molecule has 0 aliphatic carbocycles. The third-order valence-corrected chi connectivity index (χ3v) is 6.67. The Hall–Kier alpha value is -5.00. The van der Waals surface area contributed by atoms with Crippen molar-refractivity contribution in [2.45, 2.75) is 20.0 Å². The number of aryl methyl sites for hydroxylation is 1. The molecule has 0 saturated heterocycles. The summed E-state index contributed by atoms with van der Waals surface area (Å²) in [4.78, 5) is 44.5. The van der Waals surface area contributed by atoms with Gasteiger partial charge in [0.15, 0.2) is 5.82 Å². The molecule has 4 aromatic heterocycles. The normalized spacial score (nSPS) is 13.0. The molecule has 0 radical (unpaired) electrons. The minimum Gasteiger partial charge on any atom is -0.497 e. The average molecular weight is 513 g/mol. The molecule has 1 amide bonds. The lowest BCUT2D eigenvalue weighted by molar-refractivity contribution is -0.127. The van der Waals surface area contributed by atoms with Crippen LogP contribution in [0, 0.1) is 6.92 Å². The van der Waals surface area contributed by atoms with Gasteiger partial charge in [0, 0.05) is 24.8 Å². The van der Waals surface area contributed by atoms with Crippen molar-refractivity contribution < 1.29 is 19.1 Å². The van der Waals surface area contributed by atoms with E-state index in [-0.39, 0.29) is 12.1 Å². The van der Waals surface area contributed by atoms with E-state index in [9.17, 15) is 9.59 Å². The van der Waals surface area contributed by atoms with Gasteiger partial charge in [0.25, 0.3) is 11.7 Å². The van der Waals surface area contributed by atoms with Gasteiger partial charge in [-0.3, -0.25) is 9.59 Å². The lowest BCUT2D eigenvalue weighted by atomic mass is 10.1. The SMILES string of the molecule is COc1ccc(-c2cnc3n2CCN(C(=O)C(=O)c2c[nH]c4c(-n5cnc(C)n5)ncc(OC)c24)C3)cc1. The average Bonchev–Trinajstić information content (AvgIpc) is 3.70. The summed E-state index contributed by atoms with van der Waals surface area (Å²) in [6.07, 6.45) is 6.34. The van der Waals surface area contributed by atoms with E-state index in [1.165, 1.54) is 35.4 Å². The maximum atomic E-state index is 13.5. The second-order valence-electron chi connectivity index (χ2n) is 8.83. The lowest BCUT2D eigenvalue weighted by Gasteiger charge is -2.28. The molecule has 12 heteroatoms. The predicted molar refractivity (Wildman–Crippen MR) is 136 cm³/mol. The molecule has 0 bridgehead atoms. The van der Waals surface area contributed by atoms with E-state index in [0.29, 0.717) is 47.2 Å². The minimum atomic E-state index is -0.642. The van der Waals surface area contributed by atoms with E-state index >= 15 is 0 Å². The number of H-pyrrole nitrogens is 1. The quantitative estimate of drug-likeness (QED) is 0.271. The van der Waals surface area contributed by atoms with Crippen LogP contribution >= 0.6 is 0 Å². The van der Waals surface area contributed by atoms with E-state index in [1.54, 1.807) is 20.2 Å². The fourth-order valence-corrected chi connectivity index (χ4v) is 4.74. The van der Waals surface area contributed by atoms with E-state index in [4.69, 9.17) is 9.47 Å².